The number of hydrogen-bond acceptors (Lipinski definition) is 5. The van der Waals surface area contributed by atoms with E-state index in [1.54, 1.807) is 0 Å². The molecule has 37 heavy (non-hydrogen) atoms. The highest BCUT2D eigenvalue weighted by Crippen LogP contribution is 2.36. The van der Waals surface area contributed by atoms with Crippen molar-refractivity contribution in [3.8, 4) is 0 Å². The van der Waals surface area contributed by atoms with Crippen molar-refractivity contribution in [2.75, 3.05) is 39.8 Å². The van der Waals surface area contributed by atoms with Crippen molar-refractivity contribution in [3.63, 3.8) is 0 Å². The molecule has 2 amide bonds. The summed E-state index contributed by atoms with van der Waals surface area (Å²) in [5.74, 6) is -0.308. The van der Waals surface area contributed by atoms with Gasteiger partial charge >= 0.3 is 0 Å². The highest BCUT2D eigenvalue weighted by molar-refractivity contribution is 6.08. The highest BCUT2D eigenvalue weighted by atomic mass is 16.2. The Kier molecular flexibility index (Phi) is 7.86. The number of benzene rings is 1. The highest BCUT2D eigenvalue weighted by Gasteiger charge is 2.28. The van der Waals surface area contributed by atoms with Gasteiger partial charge in [-0.2, -0.15) is 5.10 Å². The van der Waals surface area contributed by atoms with Crippen LogP contribution in [0.25, 0.3) is 10.9 Å². The smallest absolute Gasteiger partial charge is 0.254 e. The van der Waals surface area contributed by atoms with Crippen LogP contribution in [-0.4, -0.2) is 72.0 Å². The van der Waals surface area contributed by atoms with E-state index in [0.717, 1.165) is 74.1 Å². The summed E-state index contributed by atoms with van der Waals surface area (Å²) in [5.41, 5.74) is 4.62. The van der Waals surface area contributed by atoms with E-state index in [1.807, 2.05) is 33.2 Å². The van der Waals surface area contributed by atoms with Crippen molar-refractivity contribution >= 4 is 28.4 Å². The number of hydrogen-bond donors (Lipinski definition) is 2. The summed E-state index contributed by atoms with van der Waals surface area (Å²) in [6.07, 6.45) is 10.7. The van der Waals surface area contributed by atoms with Crippen LogP contribution in [0.5, 0.6) is 0 Å². The summed E-state index contributed by atoms with van der Waals surface area (Å²) in [6, 6.07) is 4.78. The molecule has 0 spiro atoms. The molecule has 3 heterocycles. The molecule has 1 unspecified atom stereocenters. The van der Waals surface area contributed by atoms with E-state index in [2.05, 4.69) is 37.3 Å². The molecule has 5 rings (SSSR count). The Morgan fingerprint density at radius 1 is 1.11 bits per heavy atom. The Morgan fingerprint density at radius 3 is 2.57 bits per heavy atom. The molecule has 1 atom stereocenters. The largest absolute Gasteiger partial charge is 0.351 e. The molecule has 1 saturated heterocycles. The number of aromatic nitrogens is 2. The zero-order chi connectivity index (χ0) is 25.9. The normalized spacial score (nSPS) is 21.9. The lowest BCUT2D eigenvalue weighted by molar-refractivity contribution is -0.120. The first-order valence-electron chi connectivity index (χ1n) is 13.9. The number of fused-ring (bicyclic) bond motifs is 1. The Balaban J connectivity index is 1.41. The standard InChI is InChI=1S/C29H40N6O2/c1-19-14-20(2)33-29(37)25(19)17-31-28(36)24-15-22(21-8-11-34(12-9-21)13-10-30-3)16-27-26(24)18-32-35(27)23-6-4-5-7-23/h14-16,18,21,23,25,30H,4-13,17H2,1-3H3,(H,31,36). The van der Waals surface area contributed by atoms with Crippen LogP contribution in [0.2, 0.25) is 0 Å². The van der Waals surface area contributed by atoms with Gasteiger partial charge in [-0.05, 0) is 89.4 Å². The molecule has 1 aromatic carbocycles. The molecule has 2 aromatic rings. The second-order valence-corrected chi connectivity index (χ2v) is 11.0. The number of dihydropyridines is 1. The molecule has 3 aliphatic rings. The molecule has 1 aliphatic carbocycles. The Hall–Kier alpha value is -2.84. The van der Waals surface area contributed by atoms with Gasteiger partial charge in [0.15, 0.2) is 0 Å². The molecule has 2 fully saturated rings. The zero-order valence-corrected chi connectivity index (χ0v) is 22.4. The third kappa shape index (κ3) is 5.55. The maximum atomic E-state index is 13.6. The molecule has 2 aliphatic heterocycles. The lowest BCUT2D eigenvalue weighted by Crippen LogP contribution is -2.37. The predicted octanol–water partition coefficient (Wildman–Crippen LogP) is 3.84. The topological polar surface area (TPSA) is 91.6 Å². The van der Waals surface area contributed by atoms with Gasteiger partial charge in [0.05, 0.1) is 29.2 Å². The number of likely N-dealkylation sites (N-methyl/N-ethyl adjacent to an activating group) is 1. The molecule has 198 valence electrons. The maximum absolute atomic E-state index is 13.6. The van der Waals surface area contributed by atoms with Gasteiger partial charge in [-0.3, -0.25) is 14.3 Å². The summed E-state index contributed by atoms with van der Waals surface area (Å²) in [6.45, 7) is 8.23. The van der Waals surface area contributed by atoms with Crippen LogP contribution in [0, 0.1) is 5.92 Å². The van der Waals surface area contributed by atoms with Crippen LogP contribution in [0.4, 0.5) is 0 Å². The molecular formula is C29H40N6O2. The SMILES string of the molecule is CNCCN1CCC(c2cc(C(=O)NCC3C(=O)N=C(C)C=C3C)c3cnn(C4CCCC4)c3c2)CC1. The van der Waals surface area contributed by atoms with Crippen molar-refractivity contribution in [2.45, 2.75) is 64.3 Å². The Labute approximate surface area is 219 Å². The molecular weight excluding hydrogens is 464 g/mol. The first-order valence-corrected chi connectivity index (χ1v) is 13.9. The van der Waals surface area contributed by atoms with E-state index in [1.165, 1.54) is 18.4 Å². The number of allylic oxidation sites excluding steroid dienone is 1. The molecule has 2 N–H and O–H groups in total. The molecule has 1 aromatic heterocycles. The van der Waals surface area contributed by atoms with Crippen molar-refractivity contribution in [3.05, 3.63) is 41.1 Å². The minimum Gasteiger partial charge on any atom is -0.351 e. The summed E-state index contributed by atoms with van der Waals surface area (Å²) >= 11 is 0. The average Bonchev–Trinajstić information content (AvgIpc) is 3.56. The third-order valence-corrected chi connectivity index (χ3v) is 8.43. The fourth-order valence-electron chi connectivity index (χ4n) is 6.24. The van der Waals surface area contributed by atoms with Gasteiger partial charge in [-0.15, -0.1) is 0 Å². The van der Waals surface area contributed by atoms with Gasteiger partial charge in [0.1, 0.15) is 0 Å². The third-order valence-electron chi connectivity index (χ3n) is 8.43. The van der Waals surface area contributed by atoms with Crippen LogP contribution < -0.4 is 10.6 Å². The second-order valence-electron chi connectivity index (χ2n) is 11.0. The van der Waals surface area contributed by atoms with Crippen LogP contribution >= 0.6 is 0 Å². The van der Waals surface area contributed by atoms with Gasteiger partial charge in [-0.1, -0.05) is 18.4 Å². The van der Waals surface area contributed by atoms with Crippen molar-refractivity contribution < 1.29 is 9.59 Å². The maximum Gasteiger partial charge on any atom is 0.254 e. The van der Waals surface area contributed by atoms with Crippen LogP contribution in [0.1, 0.15) is 80.3 Å². The van der Waals surface area contributed by atoms with Gasteiger partial charge in [0.25, 0.3) is 11.8 Å². The van der Waals surface area contributed by atoms with Crippen molar-refractivity contribution in [1.29, 1.82) is 0 Å². The van der Waals surface area contributed by atoms with E-state index < -0.39 is 5.92 Å². The minimum atomic E-state index is -0.408. The number of likely N-dealkylation sites (tertiary alicyclic amines) is 1. The number of nitrogens with one attached hydrogen (secondary N) is 2. The Morgan fingerprint density at radius 2 is 1.86 bits per heavy atom. The summed E-state index contributed by atoms with van der Waals surface area (Å²) in [7, 11) is 2.00. The predicted molar refractivity (Wildman–Crippen MR) is 147 cm³/mol. The number of rotatable bonds is 8. The van der Waals surface area contributed by atoms with Gasteiger partial charge in [-0.25, -0.2) is 4.99 Å². The first-order chi connectivity index (χ1) is 17.9. The number of amides is 2. The number of nitrogens with zero attached hydrogens (tertiary/aromatic N) is 4. The summed E-state index contributed by atoms with van der Waals surface area (Å²) in [5, 5.41) is 12.0. The van der Waals surface area contributed by atoms with Crippen LogP contribution in [0.15, 0.2) is 35.0 Å². The van der Waals surface area contributed by atoms with E-state index in [-0.39, 0.29) is 18.4 Å². The number of piperidine rings is 1. The summed E-state index contributed by atoms with van der Waals surface area (Å²) in [4.78, 5) is 32.7. The fourth-order valence-corrected chi connectivity index (χ4v) is 6.24. The quantitative estimate of drug-likeness (QED) is 0.570. The lowest BCUT2D eigenvalue weighted by Gasteiger charge is -2.32. The molecule has 1 saturated carbocycles. The van der Waals surface area contributed by atoms with Gasteiger partial charge in [0.2, 0.25) is 0 Å². The van der Waals surface area contributed by atoms with E-state index in [0.29, 0.717) is 17.5 Å². The average molecular weight is 505 g/mol. The molecule has 8 nitrogen and oxygen atoms in total. The van der Waals surface area contributed by atoms with Crippen molar-refractivity contribution in [1.82, 2.24) is 25.3 Å². The number of aliphatic imine (C=N–C) groups is 1. The van der Waals surface area contributed by atoms with Gasteiger partial charge < -0.3 is 15.5 Å². The lowest BCUT2D eigenvalue weighted by atomic mass is 9.87. The monoisotopic (exact) mass is 504 g/mol. The van der Waals surface area contributed by atoms with Crippen molar-refractivity contribution in [2.24, 2.45) is 10.9 Å². The summed E-state index contributed by atoms with van der Waals surface area (Å²) < 4.78 is 2.17. The number of carbonyl (C=O) groups excluding carboxylic acids is 2. The van der Waals surface area contributed by atoms with Gasteiger partial charge in [0, 0.05) is 30.7 Å². The van der Waals surface area contributed by atoms with E-state index in [4.69, 9.17) is 5.10 Å². The zero-order valence-electron chi connectivity index (χ0n) is 22.4. The van der Waals surface area contributed by atoms with E-state index >= 15 is 0 Å². The minimum absolute atomic E-state index is 0.142. The molecule has 0 bridgehead atoms. The Bertz CT molecular complexity index is 1210. The van der Waals surface area contributed by atoms with Crippen LogP contribution in [0.3, 0.4) is 0 Å². The molecule has 8 heteroatoms. The first kappa shape index (κ1) is 25.8. The van der Waals surface area contributed by atoms with E-state index in [9.17, 15) is 9.59 Å². The number of carbonyl (C=O) groups is 2. The second kappa shape index (κ2) is 11.3. The van der Waals surface area contributed by atoms with Crippen LogP contribution in [-0.2, 0) is 4.79 Å². The fraction of sp³-hybridized carbons (Fsp3) is 0.586. The molecule has 0 radical (unpaired) electrons.